The van der Waals surface area contributed by atoms with Gasteiger partial charge in [0.25, 0.3) is 6.71 Å². The van der Waals surface area contributed by atoms with E-state index in [0.717, 1.165) is 40.8 Å². The van der Waals surface area contributed by atoms with Crippen molar-refractivity contribution in [3.05, 3.63) is 161 Å². The minimum atomic E-state index is -0.140. The van der Waals surface area contributed by atoms with Crippen molar-refractivity contribution in [1.29, 1.82) is 0 Å². The molecule has 11 rings (SSSR count). The summed E-state index contributed by atoms with van der Waals surface area (Å²) >= 11 is 0. The lowest BCUT2D eigenvalue weighted by molar-refractivity contribution is 0.332. The van der Waals surface area contributed by atoms with Gasteiger partial charge in [0.15, 0.2) is 0 Å². The smallest absolute Gasteiger partial charge is 0.297 e. The number of rotatable bonds is 3. The molecule has 1 aliphatic carbocycles. The maximum Gasteiger partial charge on any atom is 0.297 e. The Labute approximate surface area is 400 Å². The van der Waals surface area contributed by atoms with E-state index in [1.165, 1.54) is 89.0 Å². The van der Waals surface area contributed by atoms with Crippen molar-refractivity contribution in [3.63, 3.8) is 0 Å². The molecule has 0 saturated carbocycles. The lowest BCUT2D eigenvalue weighted by Gasteiger charge is -2.46. The molecule has 7 aromatic carbocycles. The van der Waals surface area contributed by atoms with Crippen molar-refractivity contribution in [3.8, 4) is 11.1 Å². The van der Waals surface area contributed by atoms with Gasteiger partial charge in [0.2, 0.25) is 0 Å². The predicted molar refractivity (Wildman–Crippen MR) is 289 cm³/mol. The average molecular weight is 879 g/mol. The van der Waals surface area contributed by atoms with Crippen molar-refractivity contribution < 1.29 is 4.42 Å². The SMILES string of the molecule is Cc1cc2c3c(c1)N(c1ccc(C(C)(C)C)cc1)c1c(oc4ccc(C(C)(C)C)cc14)B3c1cc(C(C)(C)C)ccc1N2c1cc2c(cc1-c1cccc3ccccc13)C(C)(C)CCC2(C)C. The van der Waals surface area contributed by atoms with Crippen molar-refractivity contribution >= 4 is 79.2 Å². The summed E-state index contributed by atoms with van der Waals surface area (Å²) in [5, 5.41) is 3.69. The van der Waals surface area contributed by atoms with E-state index >= 15 is 0 Å². The van der Waals surface area contributed by atoms with Crippen molar-refractivity contribution in [2.24, 2.45) is 0 Å². The number of hydrogen-bond donors (Lipinski definition) is 0. The van der Waals surface area contributed by atoms with Crippen molar-refractivity contribution in [2.75, 3.05) is 9.80 Å². The summed E-state index contributed by atoms with van der Waals surface area (Å²) in [6.07, 6.45) is 2.29. The lowest BCUT2D eigenvalue weighted by Crippen LogP contribution is -2.61. The Morgan fingerprint density at radius 2 is 1.09 bits per heavy atom. The van der Waals surface area contributed by atoms with Gasteiger partial charge in [0.1, 0.15) is 5.58 Å². The molecule has 0 radical (unpaired) electrons. The van der Waals surface area contributed by atoms with Gasteiger partial charge < -0.3 is 14.2 Å². The van der Waals surface area contributed by atoms with Crippen LogP contribution in [0.15, 0.2) is 132 Å². The minimum absolute atomic E-state index is 0.00523. The number of anilines is 6. The highest BCUT2D eigenvalue weighted by Crippen LogP contribution is 2.54. The first-order valence-corrected chi connectivity index (χ1v) is 24.8. The van der Waals surface area contributed by atoms with E-state index in [4.69, 9.17) is 4.42 Å². The molecule has 8 aromatic rings. The summed E-state index contributed by atoms with van der Waals surface area (Å²) < 4.78 is 7.40. The topological polar surface area (TPSA) is 19.6 Å². The van der Waals surface area contributed by atoms with Crippen LogP contribution in [0.3, 0.4) is 0 Å². The largest absolute Gasteiger partial charge is 0.468 e. The first-order valence-electron chi connectivity index (χ1n) is 24.8. The number of hydrogen-bond acceptors (Lipinski definition) is 3. The highest BCUT2D eigenvalue weighted by molar-refractivity contribution is 7.00. The molecule has 4 heteroatoms. The molecule has 67 heavy (non-hydrogen) atoms. The molecule has 0 amide bonds. The Balaban J connectivity index is 1.28. The molecule has 0 spiro atoms. The predicted octanol–water partition coefficient (Wildman–Crippen LogP) is 15.9. The summed E-state index contributed by atoms with van der Waals surface area (Å²) in [5.74, 6) is 0. The molecule has 0 N–H and O–H groups in total. The Hall–Kier alpha value is -6.00. The van der Waals surface area contributed by atoms with Gasteiger partial charge >= 0.3 is 0 Å². The van der Waals surface area contributed by atoms with E-state index in [0.29, 0.717) is 0 Å². The maximum atomic E-state index is 7.40. The Morgan fingerprint density at radius 3 is 1.76 bits per heavy atom. The Kier molecular flexibility index (Phi) is 9.43. The fraction of sp³-hybridized carbons (Fsp3) is 0.333. The Morgan fingerprint density at radius 1 is 0.507 bits per heavy atom. The number of nitrogens with zero attached hydrogens (tertiary/aromatic N) is 2. The van der Waals surface area contributed by atoms with Crippen LogP contribution in [-0.4, -0.2) is 6.71 Å². The molecule has 0 bridgehead atoms. The van der Waals surface area contributed by atoms with Crippen LogP contribution in [0.1, 0.15) is 136 Å². The molecular weight excluding hydrogens is 812 g/mol. The van der Waals surface area contributed by atoms with E-state index < -0.39 is 0 Å². The molecule has 3 heterocycles. The van der Waals surface area contributed by atoms with Crippen molar-refractivity contribution in [1.82, 2.24) is 0 Å². The summed E-state index contributed by atoms with van der Waals surface area (Å²) in [4.78, 5) is 5.20. The van der Waals surface area contributed by atoms with Gasteiger partial charge in [0.05, 0.1) is 17.0 Å². The van der Waals surface area contributed by atoms with Gasteiger partial charge in [0, 0.05) is 33.7 Å². The second-order valence-corrected chi connectivity index (χ2v) is 24.6. The first kappa shape index (κ1) is 43.6. The van der Waals surface area contributed by atoms with Crippen LogP contribution in [0, 0.1) is 6.92 Å². The first-order chi connectivity index (χ1) is 31.5. The average Bonchev–Trinajstić information content (AvgIpc) is 3.65. The second-order valence-electron chi connectivity index (χ2n) is 24.6. The van der Waals surface area contributed by atoms with Gasteiger partial charge in [-0.05, 0) is 162 Å². The van der Waals surface area contributed by atoms with E-state index in [1.54, 1.807) is 0 Å². The maximum absolute atomic E-state index is 7.40. The quantitative estimate of drug-likeness (QED) is 0.165. The highest BCUT2D eigenvalue weighted by atomic mass is 16.3. The van der Waals surface area contributed by atoms with E-state index in [-0.39, 0.29) is 33.8 Å². The van der Waals surface area contributed by atoms with Crippen LogP contribution in [0.4, 0.5) is 34.1 Å². The minimum Gasteiger partial charge on any atom is -0.468 e. The van der Waals surface area contributed by atoms with Gasteiger partial charge in [-0.1, -0.05) is 163 Å². The zero-order chi connectivity index (χ0) is 47.3. The number of benzene rings is 7. The molecule has 1 aromatic heterocycles. The van der Waals surface area contributed by atoms with Gasteiger partial charge in [-0.2, -0.15) is 0 Å². The van der Waals surface area contributed by atoms with E-state index in [2.05, 4.69) is 234 Å². The van der Waals surface area contributed by atoms with Gasteiger partial charge in [-0.3, -0.25) is 0 Å². The Bertz CT molecular complexity index is 3320. The summed E-state index contributed by atoms with van der Waals surface area (Å²) in [6, 6.07) is 49.5. The molecule has 2 aliphatic heterocycles. The van der Waals surface area contributed by atoms with Gasteiger partial charge in [-0.25, -0.2) is 0 Å². The molecule has 338 valence electrons. The van der Waals surface area contributed by atoms with Crippen LogP contribution in [0.25, 0.3) is 32.9 Å². The monoisotopic (exact) mass is 879 g/mol. The molecule has 0 unspecified atom stereocenters. The summed E-state index contributed by atoms with van der Waals surface area (Å²) in [5.41, 5.74) is 22.2. The van der Waals surface area contributed by atoms with Crippen LogP contribution >= 0.6 is 0 Å². The molecule has 3 nitrogen and oxygen atoms in total. The number of furan rings is 1. The van der Waals surface area contributed by atoms with Crippen LogP contribution < -0.4 is 26.4 Å². The van der Waals surface area contributed by atoms with E-state index in [9.17, 15) is 0 Å². The molecule has 0 saturated heterocycles. The zero-order valence-electron chi connectivity index (χ0n) is 42.4. The zero-order valence-corrected chi connectivity index (χ0v) is 42.4. The third-order valence-corrected chi connectivity index (χ3v) is 15.8. The van der Waals surface area contributed by atoms with Crippen LogP contribution in [-0.2, 0) is 27.1 Å². The molecular formula is C63H67BN2O. The third kappa shape index (κ3) is 6.82. The van der Waals surface area contributed by atoms with Crippen molar-refractivity contribution in [2.45, 2.75) is 137 Å². The fourth-order valence-corrected chi connectivity index (χ4v) is 11.7. The second kappa shape index (κ2) is 14.5. The number of fused-ring (bicyclic) bond motifs is 8. The summed E-state index contributed by atoms with van der Waals surface area (Å²) in [7, 11) is 0. The normalized spacial score (nSPS) is 16.2. The third-order valence-electron chi connectivity index (χ3n) is 15.8. The lowest BCUT2D eigenvalue weighted by atomic mass is 9.35. The van der Waals surface area contributed by atoms with Crippen LogP contribution in [0.5, 0.6) is 0 Å². The molecule has 0 atom stereocenters. The number of aryl methyl sites for hydroxylation is 1. The molecule has 0 fully saturated rings. The highest BCUT2D eigenvalue weighted by Gasteiger charge is 2.48. The standard InChI is InChI=1S/C63H67BN2O/c1-38-32-53-56-54(33-38)66(52-37-49-48(62(11,12)30-31-63(49,13)14)36-46(52)45-21-17-19-39-18-15-16-20-44(39)45)51-28-24-42(61(8,9)10)35-50(51)64(56)58-57(47-34-41(60(5,6)7)25-29-55(47)67-58)65(53)43-26-22-40(23-27-43)59(2,3)4/h15-29,32-37H,30-31H2,1-14H3. The fourth-order valence-electron chi connectivity index (χ4n) is 11.7. The van der Waals surface area contributed by atoms with E-state index in [1.807, 2.05) is 0 Å². The molecule has 3 aliphatic rings. The van der Waals surface area contributed by atoms with Gasteiger partial charge in [-0.15, -0.1) is 0 Å². The van der Waals surface area contributed by atoms with Crippen LogP contribution in [0.2, 0.25) is 0 Å². The summed E-state index contributed by atoms with van der Waals surface area (Å²) in [6.45, 7) is 32.8.